The van der Waals surface area contributed by atoms with Crippen molar-refractivity contribution >= 4 is 27.7 Å². The van der Waals surface area contributed by atoms with E-state index in [1.54, 1.807) is 11.8 Å². The molecule has 0 spiro atoms. The number of nitrogens with zero attached hydrogens (tertiary/aromatic N) is 3. The van der Waals surface area contributed by atoms with E-state index in [2.05, 4.69) is 73.7 Å². The summed E-state index contributed by atoms with van der Waals surface area (Å²) < 4.78 is 3.24. The fourth-order valence-electron chi connectivity index (χ4n) is 2.38. The predicted molar refractivity (Wildman–Crippen MR) is 103 cm³/mol. The first-order valence-electron chi connectivity index (χ1n) is 7.70. The van der Waals surface area contributed by atoms with Crippen molar-refractivity contribution in [3.8, 4) is 0 Å². The maximum absolute atomic E-state index is 4.39. The van der Waals surface area contributed by atoms with Crippen molar-refractivity contribution in [2.45, 2.75) is 23.9 Å². The number of halogens is 1. The molecule has 24 heavy (non-hydrogen) atoms. The highest BCUT2D eigenvalue weighted by Crippen LogP contribution is 2.24. The molecule has 0 radical (unpaired) electrons. The van der Waals surface area contributed by atoms with Gasteiger partial charge < -0.3 is 4.57 Å². The minimum Gasteiger partial charge on any atom is -0.302 e. The van der Waals surface area contributed by atoms with Crippen LogP contribution in [0.4, 0.5) is 0 Å². The lowest BCUT2D eigenvalue weighted by atomic mass is 10.1. The smallest absolute Gasteiger partial charge is 0.191 e. The van der Waals surface area contributed by atoms with Gasteiger partial charge in [-0.1, -0.05) is 76.2 Å². The zero-order valence-corrected chi connectivity index (χ0v) is 15.6. The number of hydrogen-bond donors (Lipinski definition) is 0. The Bertz CT molecular complexity index is 797. The van der Waals surface area contributed by atoms with Crippen LogP contribution in [0.15, 0.2) is 76.9 Å². The average molecular weight is 400 g/mol. The van der Waals surface area contributed by atoms with E-state index in [-0.39, 0.29) is 0 Å². The Balaban J connectivity index is 1.75. The Morgan fingerprint density at radius 1 is 1.00 bits per heavy atom. The van der Waals surface area contributed by atoms with Gasteiger partial charge in [0.05, 0.1) is 0 Å². The van der Waals surface area contributed by atoms with Gasteiger partial charge >= 0.3 is 0 Å². The molecule has 0 fully saturated rings. The van der Waals surface area contributed by atoms with Crippen molar-refractivity contribution in [2.24, 2.45) is 0 Å². The molecule has 0 atom stereocenters. The lowest BCUT2D eigenvalue weighted by Crippen LogP contribution is -2.04. The third kappa shape index (κ3) is 4.36. The molecule has 0 bridgehead atoms. The van der Waals surface area contributed by atoms with Gasteiger partial charge in [0.25, 0.3) is 0 Å². The maximum atomic E-state index is 4.39. The molecule has 122 valence electrons. The summed E-state index contributed by atoms with van der Waals surface area (Å²) in [6.07, 6.45) is 2.67. The standard InChI is InChI=1S/C19H18BrN3S/c1-2-12-23-18(13-15-6-4-3-5-7-15)21-22-19(23)24-14-16-8-10-17(20)11-9-16/h2-11H,1,12-14H2. The molecule has 2 aromatic carbocycles. The molecule has 5 heteroatoms. The molecule has 1 heterocycles. The number of benzene rings is 2. The number of allylic oxidation sites excluding steroid dienone is 1. The van der Waals surface area contributed by atoms with Gasteiger partial charge in [-0.2, -0.15) is 0 Å². The van der Waals surface area contributed by atoms with E-state index in [9.17, 15) is 0 Å². The molecule has 0 aliphatic rings. The van der Waals surface area contributed by atoms with Crippen LogP contribution in [0.3, 0.4) is 0 Å². The first-order valence-corrected chi connectivity index (χ1v) is 9.48. The fraction of sp³-hybridized carbons (Fsp3) is 0.158. The highest BCUT2D eigenvalue weighted by molar-refractivity contribution is 9.10. The van der Waals surface area contributed by atoms with Crippen LogP contribution in [-0.4, -0.2) is 14.8 Å². The number of hydrogen-bond acceptors (Lipinski definition) is 3. The summed E-state index contributed by atoms with van der Waals surface area (Å²) in [5.41, 5.74) is 2.50. The number of aromatic nitrogens is 3. The lowest BCUT2D eigenvalue weighted by Gasteiger charge is -2.08. The second-order valence-electron chi connectivity index (χ2n) is 5.38. The molecular weight excluding hydrogens is 382 g/mol. The third-order valence-corrected chi connectivity index (χ3v) is 5.16. The van der Waals surface area contributed by atoms with E-state index >= 15 is 0 Å². The van der Waals surface area contributed by atoms with Crippen molar-refractivity contribution < 1.29 is 0 Å². The fourth-order valence-corrected chi connectivity index (χ4v) is 3.56. The largest absolute Gasteiger partial charge is 0.302 e. The van der Waals surface area contributed by atoms with E-state index in [4.69, 9.17) is 0 Å². The van der Waals surface area contributed by atoms with Gasteiger partial charge in [-0.15, -0.1) is 16.8 Å². The molecule has 0 N–H and O–H groups in total. The van der Waals surface area contributed by atoms with Crippen LogP contribution in [0, 0.1) is 0 Å². The molecule has 3 aromatic rings. The first-order chi connectivity index (χ1) is 11.8. The second kappa shape index (κ2) is 8.31. The highest BCUT2D eigenvalue weighted by atomic mass is 79.9. The van der Waals surface area contributed by atoms with Crippen LogP contribution >= 0.6 is 27.7 Å². The Morgan fingerprint density at radius 3 is 2.46 bits per heavy atom. The number of rotatable bonds is 7. The van der Waals surface area contributed by atoms with Crippen LogP contribution < -0.4 is 0 Å². The average Bonchev–Trinajstić information content (AvgIpc) is 2.98. The Kier molecular flexibility index (Phi) is 5.88. The van der Waals surface area contributed by atoms with Gasteiger partial charge in [-0.25, -0.2) is 0 Å². The van der Waals surface area contributed by atoms with E-state index in [1.165, 1.54) is 11.1 Å². The van der Waals surface area contributed by atoms with Crippen molar-refractivity contribution in [3.63, 3.8) is 0 Å². The predicted octanol–water partition coefficient (Wildman–Crippen LogP) is 5.11. The molecule has 1 aromatic heterocycles. The van der Waals surface area contributed by atoms with Crippen LogP contribution in [0.25, 0.3) is 0 Å². The molecule has 3 nitrogen and oxygen atoms in total. The first kappa shape index (κ1) is 17.0. The van der Waals surface area contributed by atoms with Gasteiger partial charge in [0.2, 0.25) is 0 Å². The van der Waals surface area contributed by atoms with E-state index in [0.29, 0.717) is 0 Å². The number of thioether (sulfide) groups is 1. The van der Waals surface area contributed by atoms with Gasteiger partial charge in [-0.3, -0.25) is 0 Å². The van der Waals surface area contributed by atoms with E-state index < -0.39 is 0 Å². The molecule has 0 unspecified atom stereocenters. The molecule has 3 rings (SSSR count). The van der Waals surface area contributed by atoms with Gasteiger partial charge in [0.15, 0.2) is 5.16 Å². The summed E-state index contributed by atoms with van der Waals surface area (Å²) in [6.45, 7) is 4.58. The summed E-state index contributed by atoms with van der Waals surface area (Å²) in [5.74, 6) is 1.84. The Labute approximate surface area is 154 Å². The van der Waals surface area contributed by atoms with Crippen molar-refractivity contribution in [1.82, 2.24) is 14.8 Å². The van der Waals surface area contributed by atoms with E-state index in [1.807, 2.05) is 24.3 Å². The molecule has 0 aliphatic carbocycles. The van der Waals surface area contributed by atoms with Crippen LogP contribution in [0.5, 0.6) is 0 Å². The SMILES string of the molecule is C=CCn1c(Cc2ccccc2)nnc1SCc1ccc(Br)cc1. The summed E-state index contributed by atoms with van der Waals surface area (Å²) >= 11 is 5.17. The molecule has 0 saturated carbocycles. The summed E-state index contributed by atoms with van der Waals surface area (Å²) in [6, 6.07) is 18.7. The summed E-state index contributed by atoms with van der Waals surface area (Å²) in [5, 5.41) is 9.71. The van der Waals surface area contributed by atoms with Gasteiger partial charge in [-0.05, 0) is 23.3 Å². The Hall–Kier alpha value is -1.85. The van der Waals surface area contributed by atoms with Crippen LogP contribution in [-0.2, 0) is 18.7 Å². The van der Waals surface area contributed by atoms with Crippen molar-refractivity contribution in [1.29, 1.82) is 0 Å². The van der Waals surface area contributed by atoms with E-state index in [0.717, 1.165) is 34.2 Å². The zero-order valence-electron chi connectivity index (χ0n) is 13.2. The zero-order chi connectivity index (χ0) is 16.8. The van der Waals surface area contributed by atoms with Crippen molar-refractivity contribution in [3.05, 3.63) is 88.7 Å². The topological polar surface area (TPSA) is 30.7 Å². The third-order valence-electron chi connectivity index (χ3n) is 3.59. The van der Waals surface area contributed by atoms with Crippen molar-refractivity contribution in [2.75, 3.05) is 0 Å². The molecule has 0 saturated heterocycles. The second-order valence-corrected chi connectivity index (χ2v) is 7.23. The highest BCUT2D eigenvalue weighted by Gasteiger charge is 2.12. The maximum Gasteiger partial charge on any atom is 0.191 e. The Morgan fingerprint density at radius 2 is 1.75 bits per heavy atom. The summed E-state index contributed by atoms with van der Waals surface area (Å²) in [7, 11) is 0. The summed E-state index contributed by atoms with van der Waals surface area (Å²) in [4.78, 5) is 0. The lowest BCUT2D eigenvalue weighted by molar-refractivity contribution is 0.690. The van der Waals surface area contributed by atoms with Crippen LogP contribution in [0.1, 0.15) is 17.0 Å². The van der Waals surface area contributed by atoms with Gasteiger partial charge in [0, 0.05) is 23.2 Å². The minimum atomic E-state index is 0.720. The molecule has 0 amide bonds. The minimum absolute atomic E-state index is 0.720. The monoisotopic (exact) mass is 399 g/mol. The van der Waals surface area contributed by atoms with Crippen LogP contribution in [0.2, 0.25) is 0 Å². The normalized spacial score (nSPS) is 10.7. The quantitative estimate of drug-likeness (QED) is 0.408. The molecular formula is C19H18BrN3S. The molecule has 0 aliphatic heterocycles. The van der Waals surface area contributed by atoms with Gasteiger partial charge in [0.1, 0.15) is 5.82 Å².